The molecular formula is C16H20N4O3. The largest absolute Gasteiger partial charge is 0.493 e. The molecule has 2 heterocycles. The Hall–Kier alpha value is -2.70. The SMILES string of the molecule is COc1cccc2c1OCC(NC(=O)Nc1cn(C)nc1C)C2. The van der Waals surface area contributed by atoms with Crippen molar-refractivity contribution in [1.82, 2.24) is 15.1 Å². The smallest absolute Gasteiger partial charge is 0.319 e. The van der Waals surface area contributed by atoms with E-state index in [1.54, 1.807) is 18.0 Å². The molecule has 2 amide bonds. The van der Waals surface area contributed by atoms with Gasteiger partial charge in [-0.15, -0.1) is 0 Å². The molecule has 1 atom stereocenters. The Morgan fingerprint density at radius 3 is 3.00 bits per heavy atom. The Labute approximate surface area is 134 Å². The van der Waals surface area contributed by atoms with Crippen LogP contribution in [0.4, 0.5) is 10.5 Å². The first-order chi connectivity index (χ1) is 11.1. The molecule has 122 valence electrons. The maximum atomic E-state index is 12.1. The van der Waals surface area contributed by atoms with Gasteiger partial charge in [-0.05, 0) is 19.4 Å². The van der Waals surface area contributed by atoms with Crippen LogP contribution in [0.5, 0.6) is 11.5 Å². The normalized spacial score (nSPS) is 16.2. The number of nitrogens with one attached hydrogen (secondary N) is 2. The number of fused-ring (bicyclic) bond motifs is 1. The van der Waals surface area contributed by atoms with Crippen LogP contribution in [0.25, 0.3) is 0 Å². The maximum absolute atomic E-state index is 12.1. The second-order valence-corrected chi connectivity index (χ2v) is 5.56. The van der Waals surface area contributed by atoms with E-state index in [0.29, 0.717) is 18.7 Å². The Bertz CT molecular complexity index is 726. The van der Waals surface area contributed by atoms with E-state index in [4.69, 9.17) is 9.47 Å². The molecule has 0 bridgehead atoms. The molecule has 3 rings (SSSR count). The molecule has 0 radical (unpaired) electrons. The van der Waals surface area contributed by atoms with Gasteiger partial charge in [0.25, 0.3) is 0 Å². The third kappa shape index (κ3) is 3.23. The molecule has 1 aromatic carbocycles. The fourth-order valence-corrected chi connectivity index (χ4v) is 2.71. The lowest BCUT2D eigenvalue weighted by molar-refractivity contribution is 0.217. The maximum Gasteiger partial charge on any atom is 0.319 e. The number of hydrogen-bond acceptors (Lipinski definition) is 4. The van der Waals surface area contributed by atoms with Gasteiger partial charge in [-0.1, -0.05) is 12.1 Å². The number of urea groups is 1. The first kappa shape index (κ1) is 15.2. The standard InChI is InChI=1S/C16H20N4O3/c1-10-13(8-20(2)19-10)18-16(21)17-12-7-11-5-4-6-14(22-3)15(11)23-9-12/h4-6,8,12H,7,9H2,1-3H3,(H2,17,18,21). The number of para-hydroxylation sites is 1. The highest BCUT2D eigenvalue weighted by molar-refractivity contribution is 5.89. The summed E-state index contributed by atoms with van der Waals surface area (Å²) >= 11 is 0. The third-order valence-corrected chi connectivity index (χ3v) is 3.77. The van der Waals surface area contributed by atoms with Crippen molar-refractivity contribution in [1.29, 1.82) is 0 Å². The van der Waals surface area contributed by atoms with Gasteiger partial charge < -0.3 is 20.1 Å². The predicted octanol–water partition coefficient (Wildman–Crippen LogP) is 1.86. The second-order valence-electron chi connectivity index (χ2n) is 5.56. The number of carbonyl (C=O) groups is 1. The van der Waals surface area contributed by atoms with Gasteiger partial charge in [-0.3, -0.25) is 4.68 Å². The summed E-state index contributed by atoms with van der Waals surface area (Å²) in [5, 5.41) is 9.94. The zero-order valence-electron chi connectivity index (χ0n) is 13.4. The van der Waals surface area contributed by atoms with Crippen LogP contribution in [0.2, 0.25) is 0 Å². The summed E-state index contributed by atoms with van der Waals surface area (Å²) in [5.41, 5.74) is 2.50. The number of hydrogen-bond donors (Lipinski definition) is 2. The van der Waals surface area contributed by atoms with E-state index < -0.39 is 0 Å². The van der Waals surface area contributed by atoms with Gasteiger partial charge in [0.15, 0.2) is 11.5 Å². The van der Waals surface area contributed by atoms with Crippen molar-refractivity contribution < 1.29 is 14.3 Å². The lowest BCUT2D eigenvalue weighted by Crippen LogP contribution is -2.44. The number of rotatable bonds is 3. The average molecular weight is 316 g/mol. The summed E-state index contributed by atoms with van der Waals surface area (Å²) in [5.74, 6) is 1.48. The fraction of sp³-hybridized carbons (Fsp3) is 0.375. The molecule has 1 aromatic heterocycles. The topological polar surface area (TPSA) is 77.4 Å². The van der Waals surface area contributed by atoms with Crippen LogP contribution in [0.15, 0.2) is 24.4 Å². The minimum absolute atomic E-state index is 0.0911. The number of carbonyl (C=O) groups excluding carboxylic acids is 1. The number of ether oxygens (including phenoxy) is 2. The Morgan fingerprint density at radius 1 is 1.48 bits per heavy atom. The van der Waals surface area contributed by atoms with Gasteiger partial charge in [-0.25, -0.2) is 4.79 Å². The van der Waals surface area contributed by atoms with E-state index in [1.165, 1.54) is 0 Å². The van der Waals surface area contributed by atoms with Crippen molar-refractivity contribution >= 4 is 11.7 Å². The average Bonchev–Trinajstić information content (AvgIpc) is 2.83. The molecule has 0 saturated carbocycles. The summed E-state index contributed by atoms with van der Waals surface area (Å²) in [6.45, 7) is 2.26. The fourth-order valence-electron chi connectivity index (χ4n) is 2.71. The van der Waals surface area contributed by atoms with E-state index in [-0.39, 0.29) is 12.1 Å². The van der Waals surface area contributed by atoms with Gasteiger partial charge >= 0.3 is 6.03 Å². The van der Waals surface area contributed by atoms with E-state index >= 15 is 0 Å². The van der Waals surface area contributed by atoms with Crippen LogP contribution in [0.3, 0.4) is 0 Å². The zero-order chi connectivity index (χ0) is 16.4. The van der Waals surface area contributed by atoms with Crippen molar-refractivity contribution in [2.24, 2.45) is 7.05 Å². The predicted molar refractivity (Wildman–Crippen MR) is 86.1 cm³/mol. The van der Waals surface area contributed by atoms with Crippen molar-refractivity contribution in [3.63, 3.8) is 0 Å². The first-order valence-electron chi connectivity index (χ1n) is 7.43. The number of amides is 2. The minimum Gasteiger partial charge on any atom is -0.493 e. The summed E-state index contributed by atoms with van der Waals surface area (Å²) in [6, 6.07) is 5.41. The van der Waals surface area contributed by atoms with Gasteiger partial charge in [0.05, 0.1) is 24.5 Å². The van der Waals surface area contributed by atoms with Crippen LogP contribution in [0, 0.1) is 6.92 Å². The van der Waals surface area contributed by atoms with Gasteiger partial charge in [0.1, 0.15) is 6.61 Å². The zero-order valence-corrected chi connectivity index (χ0v) is 13.4. The van der Waals surface area contributed by atoms with Crippen LogP contribution in [0.1, 0.15) is 11.3 Å². The lowest BCUT2D eigenvalue weighted by atomic mass is 10.0. The molecule has 2 N–H and O–H groups in total. The highest BCUT2D eigenvalue weighted by atomic mass is 16.5. The van der Waals surface area contributed by atoms with Crippen molar-refractivity contribution in [2.45, 2.75) is 19.4 Å². The summed E-state index contributed by atoms with van der Waals surface area (Å²) in [7, 11) is 3.43. The lowest BCUT2D eigenvalue weighted by Gasteiger charge is -2.27. The van der Waals surface area contributed by atoms with E-state index in [1.807, 2.05) is 32.2 Å². The molecular weight excluding hydrogens is 296 g/mol. The molecule has 1 aliphatic rings. The van der Waals surface area contributed by atoms with Crippen LogP contribution >= 0.6 is 0 Å². The third-order valence-electron chi connectivity index (χ3n) is 3.77. The number of anilines is 1. The number of aromatic nitrogens is 2. The van der Waals surface area contributed by atoms with Crippen LogP contribution < -0.4 is 20.1 Å². The number of benzene rings is 1. The highest BCUT2D eigenvalue weighted by Gasteiger charge is 2.24. The molecule has 7 heteroatoms. The van der Waals surface area contributed by atoms with Gasteiger partial charge in [0.2, 0.25) is 0 Å². The monoisotopic (exact) mass is 316 g/mol. The van der Waals surface area contributed by atoms with E-state index in [0.717, 1.165) is 22.8 Å². The molecule has 0 saturated heterocycles. The summed E-state index contributed by atoms with van der Waals surface area (Å²) in [6.07, 6.45) is 2.47. The molecule has 0 aliphatic carbocycles. The van der Waals surface area contributed by atoms with Crippen molar-refractivity contribution in [3.05, 3.63) is 35.7 Å². The molecule has 23 heavy (non-hydrogen) atoms. The highest BCUT2D eigenvalue weighted by Crippen LogP contribution is 2.34. The van der Waals surface area contributed by atoms with Gasteiger partial charge in [-0.2, -0.15) is 5.10 Å². The minimum atomic E-state index is -0.263. The Balaban J connectivity index is 1.63. The van der Waals surface area contributed by atoms with Crippen molar-refractivity contribution in [2.75, 3.05) is 19.0 Å². The van der Waals surface area contributed by atoms with Crippen LogP contribution in [-0.2, 0) is 13.5 Å². The Morgan fingerprint density at radius 2 is 2.30 bits per heavy atom. The Kier molecular flexibility index (Phi) is 4.10. The number of methoxy groups -OCH3 is 1. The quantitative estimate of drug-likeness (QED) is 0.906. The second kappa shape index (κ2) is 6.20. The summed E-state index contributed by atoms with van der Waals surface area (Å²) < 4.78 is 12.7. The van der Waals surface area contributed by atoms with Crippen LogP contribution in [-0.4, -0.2) is 35.6 Å². The van der Waals surface area contributed by atoms with E-state index in [9.17, 15) is 4.79 Å². The molecule has 0 fully saturated rings. The molecule has 1 aliphatic heterocycles. The molecule has 2 aromatic rings. The van der Waals surface area contributed by atoms with E-state index in [2.05, 4.69) is 15.7 Å². The summed E-state index contributed by atoms with van der Waals surface area (Å²) in [4.78, 5) is 12.1. The first-order valence-corrected chi connectivity index (χ1v) is 7.43. The molecule has 1 unspecified atom stereocenters. The van der Waals surface area contributed by atoms with Crippen molar-refractivity contribution in [3.8, 4) is 11.5 Å². The number of aryl methyl sites for hydroxylation is 2. The number of nitrogens with zero attached hydrogens (tertiary/aromatic N) is 2. The van der Waals surface area contributed by atoms with Gasteiger partial charge in [0, 0.05) is 18.8 Å². The molecule has 7 nitrogen and oxygen atoms in total. The molecule has 0 spiro atoms.